The number of likely N-dealkylation sites (tertiary alicyclic amines) is 1. The number of rotatable bonds is 7. The third-order valence-electron chi connectivity index (χ3n) is 4.60. The van der Waals surface area contributed by atoms with E-state index in [-0.39, 0.29) is 22.5 Å². The van der Waals surface area contributed by atoms with Crippen molar-refractivity contribution in [3.8, 4) is 5.75 Å². The highest BCUT2D eigenvalue weighted by molar-refractivity contribution is 7.91. The molecule has 1 saturated heterocycles. The van der Waals surface area contributed by atoms with Crippen LogP contribution in [0.3, 0.4) is 0 Å². The Kier molecular flexibility index (Phi) is 7.19. The number of hydroxylamine groups is 1. The van der Waals surface area contributed by atoms with E-state index >= 15 is 0 Å². The van der Waals surface area contributed by atoms with E-state index in [0.29, 0.717) is 25.1 Å². The van der Waals surface area contributed by atoms with E-state index in [2.05, 4.69) is 4.90 Å². The Bertz CT molecular complexity index is 735. The van der Waals surface area contributed by atoms with Gasteiger partial charge in [-0.05, 0) is 57.1 Å². The third kappa shape index (κ3) is 5.55. The molecule has 8 heteroatoms. The zero-order chi connectivity index (χ0) is 19.2. The number of carbonyl (C=O) groups is 1. The molecule has 0 aromatic heterocycles. The molecule has 1 amide bonds. The molecule has 0 spiro atoms. The Morgan fingerprint density at radius 3 is 2.46 bits per heavy atom. The summed E-state index contributed by atoms with van der Waals surface area (Å²) in [6, 6.07) is 6.38. The van der Waals surface area contributed by atoms with Crippen LogP contribution in [0.1, 0.15) is 19.8 Å². The maximum atomic E-state index is 12.5. The van der Waals surface area contributed by atoms with Crippen LogP contribution < -0.4 is 10.2 Å². The van der Waals surface area contributed by atoms with Crippen LogP contribution in [-0.4, -0.2) is 56.9 Å². The highest BCUT2D eigenvalue weighted by atomic mass is 32.2. The summed E-state index contributed by atoms with van der Waals surface area (Å²) in [5.41, 5.74) is 2.49. The van der Waals surface area contributed by atoms with Crippen LogP contribution in [0.15, 0.2) is 40.8 Å². The second-order valence-electron chi connectivity index (χ2n) is 6.54. The van der Waals surface area contributed by atoms with Crippen LogP contribution in [0.2, 0.25) is 0 Å². The lowest BCUT2D eigenvalue weighted by atomic mass is 9.96. The van der Waals surface area contributed by atoms with Crippen molar-refractivity contribution in [3.05, 3.63) is 35.9 Å². The first kappa shape index (κ1) is 20.4. The van der Waals surface area contributed by atoms with Crippen molar-refractivity contribution in [2.45, 2.75) is 24.7 Å². The van der Waals surface area contributed by atoms with E-state index < -0.39 is 9.84 Å². The Labute approximate surface area is 154 Å². The van der Waals surface area contributed by atoms with Crippen molar-refractivity contribution in [2.24, 2.45) is 5.92 Å². The van der Waals surface area contributed by atoms with Gasteiger partial charge in [-0.3, -0.25) is 14.9 Å². The summed E-state index contributed by atoms with van der Waals surface area (Å²) < 4.78 is 30.0. The summed E-state index contributed by atoms with van der Waals surface area (Å²) in [6.07, 6.45) is 3.29. The van der Waals surface area contributed by atoms with Gasteiger partial charge >= 0.3 is 0 Å². The van der Waals surface area contributed by atoms with Gasteiger partial charge in [-0.2, -0.15) is 0 Å². The van der Waals surface area contributed by atoms with E-state index in [0.717, 1.165) is 18.7 Å². The molecule has 0 atom stereocenters. The van der Waals surface area contributed by atoms with Crippen molar-refractivity contribution >= 4 is 15.7 Å². The number of sulfone groups is 1. The zero-order valence-corrected chi connectivity index (χ0v) is 16.0. The summed E-state index contributed by atoms with van der Waals surface area (Å²) in [5, 5.41) is 8.67. The number of piperidine rings is 1. The Morgan fingerprint density at radius 2 is 1.92 bits per heavy atom. The third-order valence-corrected chi connectivity index (χ3v) is 6.43. The summed E-state index contributed by atoms with van der Waals surface area (Å²) >= 11 is 0. The fourth-order valence-electron chi connectivity index (χ4n) is 2.98. The van der Waals surface area contributed by atoms with Crippen LogP contribution in [0.25, 0.3) is 0 Å². The quantitative estimate of drug-likeness (QED) is 0.423. The monoisotopic (exact) mass is 382 g/mol. The molecule has 144 valence electrons. The molecule has 0 saturated carbocycles. The molecular formula is C18H26N2O5S. The fourth-order valence-corrected chi connectivity index (χ4v) is 4.41. The average molecular weight is 382 g/mol. The van der Waals surface area contributed by atoms with Gasteiger partial charge in [0, 0.05) is 12.5 Å². The Morgan fingerprint density at radius 1 is 1.31 bits per heavy atom. The first-order chi connectivity index (χ1) is 12.4. The first-order valence-electron chi connectivity index (χ1n) is 8.54. The smallest absolute Gasteiger partial charge is 0.246 e. The second kappa shape index (κ2) is 9.16. The molecule has 1 aliphatic rings. The molecular weight excluding hydrogens is 356 g/mol. The average Bonchev–Trinajstić information content (AvgIpc) is 2.66. The van der Waals surface area contributed by atoms with Crippen LogP contribution in [0.5, 0.6) is 5.75 Å². The highest BCUT2D eigenvalue weighted by Gasteiger charge is 2.24. The number of ether oxygens (including phenoxy) is 1. The standard InChI is InChI=1S/C18H26N2O5S/c1-14(7-10-20-11-8-15(9-12-20)18(21)19-22)13-26(23,24)17-5-3-16(25-2)4-6-17/h3-7,15,22H,8-13H2,1-2H3,(H,19,21)/b14-7+. The van der Waals surface area contributed by atoms with Gasteiger partial charge in [0.25, 0.3) is 0 Å². The van der Waals surface area contributed by atoms with Gasteiger partial charge in [-0.15, -0.1) is 0 Å². The molecule has 2 rings (SSSR count). The predicted molar refractivity (Wildman–Crippen MR) is 97.9 cm³/mol. The molecule has 1 fully saturated rings. The number of amides is 1. The van der Waals surface area contributed by atoms with Crippen molar-refractivity contribution < 1.29 is 23.2 Å². The maximum absolute atomic E-state index is 12.5. The van der Waals surface area contributed by atoms with Gasteiger partial charge in [0.2, 0.25) is 5.91 Å². The molecule has 7 nitrogen and oxygen atoms in total. The number of hydrogen-bond acceptors (Lipinski definition) is 6. The minimum atomic E-state index is -3.38. The van der Waals surface area contributed by atoms with Gasteiger partial charge in [-0.25, -0.2) is 13.9 Å². The molecule has 1 aromatic rings. The molecule has 1 heterocycles. The maximum Gasteiger partial charge on any atom is 0.246 e. The van der Waals surface area contributed by atoms with E-state index in [1.165, 1.54) is 7.11 Å². The van der Waals surface area contributed by atoms with E-state index in [9.17, 15) is 13.2 Å². The van der Waals surface area contributed by atoms with Gasteiger partial charge in [0.15, 0.2) is 9.84 Å². The van der Waals surface area contributed by atoms with Gasteiger partial charge in [-0.1, -0.05) is 11.6 Å². The number of benzene rings is 1. The normalized spacial score (nSPS) is 17.1. The minimum absolute atomic E-state index is 0.0251. The molecule has 26 heavy (non-hydrogen) atoms. The minimum Gasteiger partial charge on any atom is -0.497 e. The number of carbonyl (C=O) groups excluding carboxylic acids is 1. The molecule has 0 unspecified atom stereocenters. The molecule has 1 aromatic carbocycles. The largest absolute Gasteiger partial charge is 0.497 e. The summed E-state index contributed by atoms with van der Waals surface area (Å²) in [6.45, 7) is 3.95. The Hall–Kier alpha value is -1.90. The lowest BCUT2D eigenvalue weighted by molar-refractivity contribution is -0.134. The predicted octanol–water partition coefficient (Wildman–Crippen LogP) is 1.63. The fraction of sp³-hybridized carbons (Fsp3) is 0.500. The van der Waals surface area contributed by atoms with Gasteiger partial charge < -0.3 is 4.74 Å². The topological polar surface area (TPSA) is 95.9 Å². The number of nitrogens with zero attached hydrogens (tertiary/aromatic N) is 1. The summed E-state index contributed by atoms with van der Waals surface area (Å²) in [7, 11) is -1.85. The van der Waals surface area contributed by atoms with Crippen LogP contribution in [-0.2, 0) is 14.6 Å². The molecule has 0 bridgehead atoms. The van der Waals surface area contributed by atoms with E-state index in [1.807, 2.05) is 13.0 Å². The van der Waals surface area contributed by atoms with Gasteiger partial charge in [0.05, 0.1) is 17.8 Å². The SMILES string of the molecule is COc1ccc(S(=O)(=O)C/C(C)=C/CN2CCC(C(=O)NO)CC2)cc1. The number of methoxy groups -OCH3 is 1. The van der Waals surface area contributed by atoms with E-state index in [1.54, 1.807) is 29.7 Å². The van der Waals surface area contributed by atoms with Crippen LogP contribution >= 0.6 is 0 Å². The van der Waals surface area contributed by atoms with Crippen molar-refractivity contribution in [3.63, 3.8) is 0 Å². The molecule has 2 N–H and O–H groups in total. The second-order valence-corrected chi connectivity index (χ2v) is 8.53. The van der Waals surface area contributed by atoms with E-state index in [4.69, 9.17) is 9.94 Å². The highest BCUT2D eigenvalue weighted by Crippen LogP contribution is 2.19. The molecule has 1 aliphatic heterocycles. The lowest BCUT2D eigenvalue weighted by Gasteiger charge is -2.30. The van der Waals surface area contributed by atoms with Crippen LogP contribution in [0.4, 0.5) is 0 Å². The van der Waals surface area contributed by atoms with Crippen molar-refractivity contribution in [1.29, 1.82) is 0 Å². The Balaban J connectivity index is 1.88. The van der Waals surface area contributed by atoms with Crippen molar-refractivity contribution in [1.82, 2.24) is 10.4 Å². The summed E-state index contributed by atoms with van der Waals surface area (Å²) in [4.78, 5) is 13.9. The first-order valence-corrected chi connectivity index (χ1v) is 10.2. The molecule has 0 aliphatic carbocycles. The number of nitrogens with one attached hydrogen (secondary N) is 1. The van der Waals surface area contributed by atoms with Crippen LogP contribution in [0, 0.1) is 5.92 Å². The summed E-state index contributed by atoms with van der Waals surface area (Å²) in [5.74, 6) is 0.108. The zero-order valence-electron chi connectivity index (χ0n) is 15.1. The lowest BCUT2D eigenvalue weighted by Crippen LogP contribution is -2.39. The number of hydrogen-bond donors (Lipinski definition) is 2. The van der Waals surface area contributed by atoms with Gasteiger partial charge in [0.1, 0.15) is 5.75 Å². The van der Waals surface area contributed by atoms with Crippen molar-refractivity contribution in [2.75, 3.05) is 32.5 Å². The molecule has 0 radical (unpaired) electrons.